The molecule has 4 nitrogen and oxygen atoms in total. The van der Waals surface area contributed by atoms with Gasteiger partial charge in [-0.2, -0.15) is 0 Å². The van der Waals surface area contributed by atoms with E-state index in [0.717, 1.165) is 18.5 Å². The van der Waals surface area contributed by atoms with Crippen molar-refractivity contribution in [2.45, 2.75) is 40.2 Å². The molecule has 0 aliphatic rings. The Labute approximate surface area is 113 Å². The number of aromatic nitrogens is 3. The number of rotatable bonds is 5. The largest absolute Gasteiger partial charge is 0.292 e. The van der Waals surface area contributed by atoms with Crippen molar-refractivity contribution in [3.8, 4) is 0 Å². The first kappa shape index (κ1) is 13.5. The number of benzene rings is 1. The van der Waals surface area contributed by atoms with Crippen molar-refractivity contribution < 1.29 is 4.79 Å². The minimum Gasteiger partial charge on any atom is -0.292 e. The van der Waals surface area contributed by atoms with Gasteiger partial charge in [-0.3, -0.25) is 4.79 Å². The number of aryl methyl sites for hydroxylation is 3. The van der Waals surface area contributed by atoms with E-state index in [-0.39, 0.29) is 5.78 Å². The van der Waals surface area contributed by atoms with E-state index in [2.05, 4.69) is 35.4 Å². The lowest BCUT2D eigenvalue weighted by Gasteiger charge is -2.06. The topological polar surface area (TPSA) is 47.8 Å². The molecule has 0 saturated heterocycles. The zero-order valence-electron chi connectivity index (χ0n) is 11.7. The summed E-state index contributed by atoms with van der Waals surface area (Å²) in [4.78, 5) is 12.3. The van der Waals surface area contributed by atoms with Crippen LogP contribution in [0.5, 0.6) is 0 Å². The molecule has 1 heterocycles. The minimum atomic E-state index is 0.0726. The number of Topliss-reactive ketones (excluding diaryl/α,β-unsaturated/α-hetero) is 1. The molecule has 0 aliphatic heterocycles. The van der Waals surface area contributed by atoms with Gasteiger partial charge in [0.2, 0.25) is 0 Å². The molecule has 0 fully saturated rings. The Hall–Kier alpha value is -1.97. The molecule has 2 rings (SSSR count). The first-order valence-electron chi connectivity index (χ1n) is 6.59. The van der Waals surface area contributed by atoms with Gasteiger partial charge in [-0.15, -0.1) is 5.10 Å². The molecule has 2 aromatic rings. The van der Waals surface area contributed by atoms with E-state index in [0.29, 0.717) is 12.1 Å². The Morgan fingerprint density at radius 2 is 1.89 bits per heavy atom. The maximum Gasteiger partial charge on any atom is 0.186 e. The van der Waals surface area contributed by atoms with Crippen LogP contribution in [0.2, 0.25) is 0 Å². The lowest BCUT2D eigenvalue weighted by Crippen LogP contribution is -2.12. The van der Waals surface area contributed by atoms with E-state index in [1.807, 2.05) is 13.8 Å². The molecule has 0 bridgehead atoms. The van der Waals surface area contributed by atoms with Gasteiger partial charge in [0.05, 0.1) is 6.20 Å². The lowest BCUT2D eigenvalue weighted by molar-refractivity contribution is 0.0982. The van der Waals surface area contributed by atoms with E-state index < -0.39 is 0 Å². The molecule has 4 heteroatoms. The molecule has 1 aromatic carbocycles. The Balaban J connectivity index is 2.18. The van der Waals surface area contributed by atoms with Crippen molar-refractivity contribution in [3.63, 3.8) is 0 Å². The van der Waals surface area contributed by atoms with Crippen LogP contribution in [0.15, 0.2) is 24.4 Å². The van der Waals surface area contributed by atoms with Crippen LogP contribution in [0.4, 0.5) is 0 Å². The fraction of sp³-hybridized carbons (Fsp3) is 0.400. The second-order valence-corrected chi connectivity index (χ2v) is 4.94. The molecule has 0 atom stereocenters. The third-order valence-electron chi connectivity index (χ3n) is 2.98. The van der Waals surface area contributed by atoms with Gasteiger partial charge in [-0.1, -0.05) is 41.5 Å². The van der Waals surface area contributed by atoms with Crippen molar-refractivity contribution >= 4 is 5.78 Å². The van der Waals surface area contributed by atoms with Crippen molar-refractivity contribution in [1.29, 1.82) is 0 Å². The summed E-state index contributed by atoms with van der Waals surface area (Å²) < 4.78 is 1.69. The molecule has 0 aliphatic carbocycles. The van der Waals surface area contributed by atoms with E-state index in [1.165, 1.54) is 11.1 Å². The molecule has 0 saturated carbocycles. The number of hydrogen-bond acceptors (Lipinski definition) is 3. The third kappa shape index (κ3) is 3.28. The SMILES string of the molecule is CCCn1nncc1C(=O)Cc1cc(C)cc(C)c1. The zero-order valence-corrected chi connectivity index (χ0v) is 11.7. The average Bonchev–Trinajstić information content (AvgIpc) is 2.76. The summed E-state index contributed by atoms with van der Waals surface area (Å²) in [5.41, 5.74) is 4.01. The number of carbonyl (C=O) groups is 1. The van der Waals surface area contributed by atoms with Crippen molar-refractivity contribution in [3.05, 3.63) is 46.8 Å². The van der Waals surface area contributed by atoms with Crippen molar-refractivity contribution in [2.24, 2.45) is 0 Å². The molecule has 0 N–H and O–H groups in total. The van der Waals surface area contributed by atoms with E-state index in [1.54, 1.807) is 10.9 Å². The van der Waals surface area contributed by atoms with Gasteiger partial charge < -0.3 is 0 Å². The predicted molar refractivity (Wildman–Crippen MR) is 74.3 cm³/mol. The molecule has 0 spiro atoms. The molecule has 19 heavy (non-hydrogen) atoms. The van der Waals surface area contributed by atoms with Crippen molar-refractivity contribution in [2.75, 3.05) is 0 Å². The smallest absolute Gasteiger partial charge is 0.186 e. The highest BCUT2D eigenvalue weighted by molar-refractivity contribution is 5.95. The standard InChI is InChI=1S/C15H19N3O/c1-4-5-18-14(10-16-17-18)15(19)9-13-7-11(2)6-12(3)8-13/h6-8,10H,4-5,9H2,1-3H3. The zero-order chi connectivity index (χ0) is 13.8. The van der Waals surface area contributed by atoms with Crippen LogP contribution in [-0.4, -0.2) is 20.8 Å². The summed E-state index contributed by atoms with van der Waals surface area (Å²) in [5, 5.41) is 7.78. The van der Waals surface area contributed by atoms with Crippen LogP contribution >= 0.6 is 0 Å². The first-order chi connectivity index (χ1) is 9.10. The molecule has 0 amide bonds. The number of nitrogens with zero attached hydrogens (tertiary/aromatic N) is 3. The van der Waals surface area contributed by atoms with Crippen molar-refractivity contribution in [1.82, 2.24) is 15.0 Å². The Kier molecular flexibility index (Phi) is 4.10. The summed E-state index contributed by atoms with van der Waals surface area (Å²) in [7, 11) is 0. The number of carbonyl (C=O) groups excluding carboxylic acids is 1. The molecular weight excluding hydrogens is 238 g/mol. The van der Waals surface area contributed by atoms with Crippen LogP contribution in [-0.2, 0) is 13.0 Å². The first-order valence-corrected chi connectivity index (χ1v) is 6.59. The number of hydrogen-bond donors (Lipinski definition) is 0. The average molecular weight is 257 g/mol. The third-order valence-corrected chi connectivity index (χ3v) is 2.98. The normalized spacial score (nSPS) is 10.7. The van der Waals surface area contributed by atoms with Crippen LogP contribution in [0.25, 0.3) is 0 Å². The highest BCUT2D eigenvalue weighted by atomic mass is 16.1. The van der Waals surface area contributed by atoms with E-state index in [9.17, 15) is 4.79 Å². The van der Waals surface area contributed by atoms with Crippen LogP contribution < -0.4 is 0 Å². The highest BCUT2D eigenvalue weighted by Crippen LogP contribution is 2.12. The Morgan fingerprint density at radius 3 is 2.53 bits per heavy atom. The van der Waals surface area contributed by atoms with Gasteiger partial charge in [-0.05, 0) is 25.8 Å². The quantitative estimate of drug-likeness (QED) is 0.774. The van der Waals surface area contributed by atoms with Crippen LogP contribution in [0.3, 0.4) is 0 Å². The lowest BCUT2D eigenvalue weighted by atomic mass is 10.0. The van der Waals surface area contributed by atoms with E-state index in [4.69, 9.17) is 0 Å². The summed E-state index contributed by atoms with van der Waals surface area (Å²) in [6.45, 7) is 6.88. The summed E-state index contributed by atoms with van der Waals surface area (Å²) >= 11 is 0. The van der Waals surface area contributed by atoms with Gasteiger partial charge >= 0.3 is 0 Å². The Bertz CT molecular complexity index is 567. The summed E-state index contributed by atoms with van der Waals surface area (Å²) in [6, 6.07) is 6.22. The van der Waals surface area contributed by atoms with Crippen LogP contribution in [0.1, 0.15) is 40.5 Å². The minimum absolute atomic E-state index is 0.0726. The van der Waals surface area contributed by atoms with Gasteiger partial charge in [-0.25, -0.2) is 4.68 Å². The molecule has 0 unspecified atom stereocenters. The van der Waals surface area contributed by atoms with E-state index >= 15 is 0 Å². The van der Waals surface area contributed by atoms with Gasteiger partial charge in [0.15, 0.2) is 5.78 Å². The maximum absolute atomic E-state index is 12.3. The second kappa shape index (κ2) is 5.78. The fourth-order valence-electron chi connectivity index (χ4n) is 2.30. The summed E-state index contributed by atoms with van der Waals surface area (Å²) in [5.74, 6) is 0.0726. The predicted octanol–water partition coefficient (Wildman–Crippen LogP) is 2.73. The molecule has 1 aromatic heterocycles. The molecule has 100 valence electrons. The Morgan fingerprint density at radius 1 is 1.21 bits per heavy atom. The maximum atomic E-state index is 12.3. The summed E-state index contributed by atoms with van der Waals surface area (Å²) in [6.07, 6.45) is 2.90. The number of ketones is 1. The second-order valence-electron chi connectivity index (χ2n) is 4.94. The van der Waals surface area contributed by atoms with Crippen LogP contribution in [0, 0.1) is 13.8 Å². The molecular formula is C15H19N3O. The van der Waals surface area contributed by atoms with Gasteiger partial charge in [0, 0.05) is 13.0 Å². The van der Waals surface area contributed by atoms with Gasteiger partial charge in [0.25, 0.3) is 0 Å². The fourth-order valence-corrected chi connectivity index (χ4v) is 2.30. The molecule has 0 radical (unpaired) electrons. The highest BCUT2D eigenvalue weighted by Gasteiger charge is 2.13. The monoisotopic (exact) mass is 257 g/mol. The van der Waals surface area contributed by atoms with Gasteiger partial charge in [0.1, 0.15) is 5.69 Å².